The number of carboxylic acid groups (broad SMARTS) is 1. The largest absolute Gasteiger partial charge is 0.573 e. The average molecular weight is 359 g/mol. The second kappa shape index (κ2) is 5.90. The van der Waals surface area contributed by atoms with Crippen molar-refractivity contribution in [2.45, 2.75) is 18.9 Å². The fourth-order valence-corrected chi connectivity index (χ4v) is 2.69. The number of hydrogen-bond acceptors (Lipinski definition) is 3. The monoisotopic (exact) mass is 358 g/mol. The summed E-state index contributed by atoms with van der Waals surface area (Å²) in [5.41, 5.74) is 1.22. The topological polar surface area (TPSA) is 55.8 Å². The van der Waals surface area contributed by atoms with Crippen molar-refractivity contribution in [1.29, 1.82) is 0 Å². The number of carboxylic acids is 1. The molecule has 0 radical (unpaired) electrons. The number of benzene rings is 2. The number of aromatic carboxylic acids is 1. The Kier molecular flexibility index (Phi) is 4.04. The van der Waals surface area contributed by atoms with Gasteiger partial charge in [-0.25, -0.2) is 4.79 Å². The third kappa shape index (κ3) is 3.41. The van der Waals surface area contributed by atoms with Crippen molar-refractivity contribution in [1.82, 2.24) is 0 Å². The Morgan fingerprint density at radius 3 is 2.71 bits per heavy atom. The molecule has 0 aliphatic carbocycles. The first kappa shape index (κ1) is 16.4. The summed E-state index contributed by atoms with van der Waals surface area (Å²) in [4.78, 5) is 11.0. The Morgan fingerprint density at radius 1 is 1.29 bits per heavy atom. The van der Waals surface area contributed by atoms with Gasteiger partial charge in [-0.2, -0.15) is 0 Å². The van der Waals surface area contributed by atoms with Crippen LogP contribution in [0.1, 0.15) is 27.6 Å². The maximum Gasteiger partial charge on any atom is 0.573 e. The number of fused-ring (bicyclic) bond motifs is 1. The zero-order valence-corrected chi connectivity index (χ0v) is 12.7. The lowest BCUT2D eigenvalue weighted by Crippen LogP contribution is -2.17. The van der Waals surface area contributed by atoms with E-state index in [1.165, 1.54) is 24.3 Å². The van der Waals surface area contributed by atoms with Crippen LogP contribution in [-0.4, -0.2) is 17.4 Å². The Labute approximate surface area is 139 Å². The first-order valence-electron chi connectivity index (χ1n) is 6.81. The van der Waals surface area contributed by atoms with Crippen molar-refractivity contribution in [3.8, 4) is 11.5 Å². The molecule has 4 nitrogen and oxygen atoms in total. The lowest BCUT2D eigenvalue weighted by molar-refractivity contribution is -0.274. The van der Waals surface area contributed by atoms with Crippen molar-refractivity contribution in [2.24, 2.45) is 0 Å². The average Bonchev–Trinajstić information content (AvgIpc) is 2.89. The van der Waals surface area contributed by atoms with Gasteiger partial charge in [0.15, 0.2) is 0 Å². The second-order valence-corrected chi connectivity index (χ2v) is 5.59. The van der Waals surface area contributed by atoms with Crippen LogP contribution in [0, 0.1) is 0 Å². The second-order valence-electron chi connectivity index (χ2n) is 5.18. The minimum atomic E-state index is -4.84. The van der Waals surface area contributed by atoms with Crippen LogP contribution in [0.25, 0.3) is 0 Å². The van der Waals surface area contributed by atoms with E-state index in [2.05, 4.69) is 4.74 Å². The van der Waals surface area contributed by atoms with Crippen LogP contribution >= 0.6 is 11.6 Å². The van der Waals surface area contributed by atoms with Gasteiger partial charge in [0.05, 0.1) is 10.6 Å². The van der Waals surface area contributed by atoms with Gasteiger partial charge in [0.2, 0.25) is 0 Å². The molecule has 2 aromatic rings. The molecular formula is C16H10ClF3O4. The Hall–Kier alpha value is -2.41. The fraction of sp³-hybridized carbons (Fsp3) is 0.188. The molecule has 1 aliphatic rings. The van der Waals surface area contributed by atoms with E-state index in [0.29, 0.717) is 16.9 Å². The van der Waals surface area contributed by atoms with E-state index in [9.17, 15) is 18.0 Å². The standard InChI is InChI=1S/C16H10ClF3O4/c17-11-7-13-10(6-14(11)24-16(18,19)20)5-12(23-13)8-2-1-3-9(4-8)15(21)22/h1-4,6-7,12H,5H2,(H,21,22). The number of carbonyl (C=O) groups is 1. The van der Waals surface area contributed by atoms with E-state index in [0.717, 1.165) is 0 Å². The van der Waals surface area contributed by atoms with Crippen LogP contribution in [0.4, 0.5) is 13.2 Å². The SMILES string of the molecule is O=C(O)c1cccc(C2Cc3cc(OC(F)(F)F)c(Cl)cc3O2)c1. The van der Waals surface area contributed by atoms with Gasteiger partial charge < -0.3 is 14.6 Å². The van der Waals surface area contributed by atoms with Crippen molar-refractivity contribution >= 4 is 17.6 Å². The quantitative estimate of drug-likeness (QED) is 0.870. The molecule has 0 bridgehead atoms. The lowest BCUT2D eigenvalue weighted by Gasteiger charge is -2.12. The molecule has 0 fully saturated rings. The van der Waals surface area contributed by atoms with Crippen LogP contribution in [0.5, 0.6) is 11.5 Å². The summed E-state index contributed by atoms with van der Waals surface area (Å²) in [7, 11) is 0. The highest BCUT2D eigenvalue weighted by atomic mass is 35.5. The summed E-state index contributed by atoms with van der Waals surface area (Å²) in [5, 5.41) is 8.81. The molecule has 1 atom stereocenters. The van der Waals surface area contributed by atoms with Gasteiger partial charge in [-0.15, -0.1) is 13.2 Å². The predicted molar refractivity (Wildman–Crippen MR) is 78.6 cm³/mol. The van der Waals surface area contributed by atoms with Gasteiger partial charge in [0, 0.05) is 18.1 Å². The van der Waals surface area contributed by atoms with E-state index in [-0.39, 0.29) is 17.0 Å². The van der Waals surface area contributed by atoms with E-state index in [1.54, 1.807) is 12.1 Å². The summed E-state index contributed by atoms with van der Waals surface area (Å²) in [6.45, 7) is 0. The lowest BCUT2D eigenvalue weighted by atomic mass is 10.0. The highest BCUT2D eigenvalue weighted by molar-refractivity contribution is 6.32. The summed E-state index contributed by atoms with van der Waals surface area (Å²) >= 11 is 5.79. The maximum absolute atomic E-state index is 12.4. The molecule has 1 unspecified atom stereocenters. The zero-order valence-electron chi connectivity index (χ0n) is 11.9. The van der Waals surface area contributed by atoms with E-state index in [1.807, 2.05) is 0 Å². The highest BCUT2D eigenvalue weighted by Gasteiger charge is 2.34. The zero-order chi connectivity index (χ0) is 17.5. The maximum atomic E-state index is 12.4. The summed E-state index contributed by atoms with van der Waals surface area (Å²) in [6, 6.07) is 8.63. The Morgan fingerprint density at radius 2 is 2.04 bits per heavy atom. The van der Waals surface area contributed by atoms with Crippen LogP contribution in [0.3, 0.4) is 0 Å². The third-order valence-corrected chi connectivity index (χ3v) is 3.82. The van der Waals surface area contributed by atoms with Gasteiger partial charge in [-0.3, -0.25) is 0 Å². The highest BCUT2D eigenvalue weighted by Crippen LogP contribution is 2.43. The van der Waals surface area contributed by atoms with Crippen LogP contribution in [-0.2, 0) is 6.42 Å². The molecule has 0 amide bonds. The third-order valence-electron chi connectivity index (χ3n) is 3.52. The van der Waals surface area contributed by atoms with Crippen molar-refractivity contribution in [2.75, 3.05) is 0 Å². The number of hydrogen-bond donors (Lipinski definition) is 1. The van der Waals surface area contributed by atoms with Crippen molar-refractivity contribution in [3.05, 3.63) is 58.1 Å². The minimum absolute atomic E-state index is 0.103. The van der Waals surface area contributed by atoms with Crippen LogP contribution in [0.2, 0.25) is 5.02 Å². The van der Waals surface area contributed by atoms with Crippen molar-refractivity contribution in [3.63, 3.8) is 0 Å². The Bertz CT molecular complexity index is 804. The molecular weight excluding hydrogens is 349 g/mol. The van der Waals surface area contributed by atoms with E-state index < -0.39 is 24.2 Å². The molecule has 3 rings (SSSR count). The van der Waals surface area contributed by atoms with Gasteiger partial charge in [-0.05, 0) is 23.8 Å². The number of ether oxygens (including phenoxy) is 2. The van der Waals surface area contributed by atoms with Gasteiger partial charge in [-0.1, -0.05) is 23.7 Å². The summed E-state index contributed by atoms with van der Waals surface area (Å²) < 4.78 is 46.7. The number of alkyl halides is 3. The molecule has 1 aliphatic heterocycles. The molecule has 0 spiro atoms. The molecule has 1 N–H and O–H groups in total. The summed E-state index contributed by atoms with van der Waals surface area (Å²) in [5.74, 6) is -1.22. The molecule has 126 valence electrons. The van der Waals surface area contributed by atoms with Gasteiger partial charge >= 0.3 is 12.3 Å². The van der Waals surface area contributed by atoms with Crippen LogP contribution < -0.4 is 9.47 Å². The molecule has 24 heavy (non-hydrogen) atoms. The van der Waals surface area contributed by atoms with Crippen molar-refractivity contribution < 1.29 is 32.5 Å². The Balaban J connectivity index is 1.87. The first-order chi connectivity index (χ1) is 11.2. The minimum Gasteiger partial charge on any atom is -0.485 e. The van der Waals surface area contributed by atoms with Gasteiger partial charge in [0.1, 0.15) is 17.6 Å². The molecule has 1 heterocycles. The molecule has 0 saturated carbocycles. The number of halogens is 4. The van der Waals surface area contributed by atoms with E-state index >= 15 is 0 Å². The van der Waals surface area contributed by atoms with Gasteiger partial charge in [0.25, 0.3) is 0 Å². The molecule has 0 saturated heterocycles. The predicted octanol–water partition coefficient (Wildman–Crippen LogP) is 4.61. The normalized spacial score (nSPS) is 16.4. The number of rotatable bonds is 3. The molecule has 0 aromatic heterocycles. The molecule has 2 aromatic carbocycles. The smallest absolute Gasteiger partial charge is 0.485 e. The van der Waals surface area contributed by atoms with E-state index in [4.69, 9.17) is 21.4 Å². The first-order valence-corrected chi connectivity index (χ1v) is 7.19. The van der Waals surface area contributed by atoms with Crippen LogP contribution in [0.15, 0.2) is 36.4 Å². The molecule has 8 heteroatoms. The fourth-order valence-electron chi connectivity index (χ4n) is 2.50. The summed E-state index contributed by atoms with van der Waals surface area (Å²) in [6.07, 6.45) is -5.06.